The highest BCUT2D eigenvalue weighted by atomic mass is 16.5. The Kier molecular flexibility index (Phi) is 5.23. The van der Waals surface area contributed by atoms with Gasteiger partial charge in [0.05, 0.1) is 13.2 Å². The van der Waals surface area contributed by atoms with Crippen LogP contribution in [0.3, 0.4) is 0 Å². The first-order chi connectivity index (χ1) is 9.22. The number of rotatable bonds is 6. The van der Waals surface area contributed by atoms with Crippen LogP contribution in [0.4, 0.5) is 0 Å². The number of aliphatic hydroxyl groups excluding tert-OH is 1. The standard InChI is InChI=1S/C16H25NO2/c1-3-4-13-9-10-17(11-13)12-16(18)14-5-7-15(19-2)8-6-14/h5-8,13,16,18H,3-4,9-12H2,1-2H3. The lowest BCUT2D eigenvalue weighted by Gasteiger charge is -2.20. The SMILES string of the molecule is CCCC1CCN(CC(O)c2ccc(OC)cc2)C1. The summed E-state index contributed by atoms with van der Waals surface area (Å²) in [5.41, 5.74) is 0.972. The van der Waals surface area contributed by atoms with Gasteiger partial charge in [-0.1, -0.05) is 25.5 Å². The quantitative estimate of drug-likeness (QED) is 0.856. The molecule has 1 heterocycles. The number of likely N-dealkylation sites (tertiary alicyclic amines) is 1. The van der Waals surface area contributed by atoms with Crippen molar-refractivity contribution in [1.82, 2.24) is 4.90 Å². The number of nitrogens with zero attached hydrogens (tertiary/aromatic N) is 1. The molecule has 19 heavy (non-hydrogen) atoms. The highest BCUT2D eigenvalue weighted by Gasteiger charge is 2.23. The van der Waals surface area contributed by atoms with Gasteiger partial charge in [-0.2, -0.15) is 0 Å². The van der Waals surface area contributed by atoms with Crippen LogP contribution >= 0.6 is 0 Å². The second-order valence-electron chi connectivity index (χ2n) is 5.49. The van der Waals surface area contributed by atoms with E-state index in [1.165, 1.54) is 19.3 Å². The first kappa shape index (κ1) is 14.4. The summed E-state index contributed by atoms with van der Waals surface area (Å²) in [7, 11) is 1.66. The van der Waals surface area contributed by atoms with Crippen molar-refractivity contribution in [2.24, 2.45) is 5.92 Å². The molecule has 3 nitrogen and oxygen atoms in total. The van der Waals surface area contributed by atoms with Crippen molar-refractivity contribution in [3.63, 3.8) is 0 Å². The molecule has 1 aromatic rings. The van der Waals surface area contributed by atoms with Gasteiger partial charge in [0.1, 0.15) is 5.75 Å². The molecule has 1 aliphatic heterocycles. The molecule has 0 aliphatic carbocycles. The second-order valence-corrected chi connectivity index (χ2v) is 5.49. The summed E-state index contributed by atoms with van der Waals surface area (Å²) < 4.78 is 5.13. The van der Waals surface area contributed by atoms with Crippen LogP contribution in [-0.2, 0) is 0 Å². The molecule has 0 bridgehead atoms. The van der Waals surface area contributed by atoms with Crippen LogP contribution in [0.5, 0.6) is 5.75 Å². The van der Waals surface area contributed by atoms with Crippen molar-refractivity contribution < 1.29 is 9.84 Å². The third-order valence-electron chi connectivity index (χ3n) is 4.00. The number of benzene rings is 1. The fourth-order valence-electron chi connectivity index (χ4n) is 2.90. The Bertz CT molecular complexity index is 377. The third kappa shape index (κ3) is 3.95. The lowest BCUT2D eigenvalue weighted by molar-refractivity contribution is 0.124. The zero-order chi connectivity index (χ0) is 13.7. The van der Waals surface area contributed by atoms with E-state index in [2.05, 4.69) is 11.8 Å². The number of hydrogen-bond acceptors (Lipinski definition) is 3. The maximum Gasteiger partial charge on any atom is 0.118 e. The molecule has 1 saturated heterocycles. The van der Waals surface area contributed by atoms with Crippen molar-refractivity contribution in [1.29, 1.82) is 0 Å². The van der Waals surface area contributed by atoms with Gasteiger partial charge >= 0.3 is 0 Å². The van der Waals surface area contributed by atoms with Crippen molar-refractivity contribution in [2.75, 3.05) is 26.7 Å². The minimum Gasteiger partial charge on any atom is -0.497 e. The molecule has 1 N–H and O–H groups in total. The molecular formula is C16H25NO2. The molecule has 0 amide bonds. The van der Waals surface area contributed by atoms with Gasteiger partial charge in [0, 0.05) is 13.1 Å². The normalized spacial score (nSPS) is 21.5. The summed E-state index contributed by atoms with van der Waals surface area (Å²) in [5.74, 6) is 1.66. The highest BCUT2D eigenvalue weighted by molar-refractivity contribution is 5.28. The van der Waals surface area contributed by atoms with Gasteiger partial charge in [-0.05, 0) is 43.0 Å². The van der Waals surface area contributed by atoms with E-state index in [0.29, 0.717) is 0 Å². The Morgan fingerprint density at radius 1 is 1.37 bits per heavy atom. The van der Waals surface area contributed by atoms with E-state index < -0.39 is 6.10 Å². The number of hydrogen-bond donors (Lipinski definition) is 1. The van der Waals surface area contributed by atoms with Gasteiger partial charge in [-0.15, -0.1) is 0 Å². The summed E-state index contributed by atoms with van der Waals surface area (Å²) >= 11 is 0. The van der Waals surface area contributed by atoms with Gasteiger partial charge in [-0.3, -0.25) is 0 Å². The second kappa shape index (κ2) is 6.92. The van der Waals surface area contributed by atoms with Crippen molar-refractivity contribution in [3.8, 4) is 5.75 Å². The molecule has 2 unspecified atom stereocenters. The fraction of sp³-hybridized carbons (Fsp3) is 0.625. The van der Waals surface area contributed by atoms with Gasteiger partial charge in [0.2, 0.25) is 0 Å². The van der Waals surface area contributed by atoms with E-state index in [1.807, 2.05) is 24.3 Å². The van der Waals surface area contributed by atoms with E-state index in [0.717, 1.165) is 36.9 Å². The third-order valence-corrected chi connectivity index (χ3v) is 4.00. The molecule has 0 radical (unpaired) electrons. The maximum atomic E-state index is 10.3. The summed E-state index contributed by atoms with van der Waals surface area (Å²) in [4.78, 5) is 2.38. The topological polar surface area (TPSA) is 32.7 Å². The van der Waals surface area contributed by atoms with E-state index in [1.54, 1.807) is 7.11 Å². The minimum absolute atomic E-state index is 0.397. The smallest absolute Gasteiger partial charge is 0.118 e. The molecule has 2 rings (SSSR count). The van der Waals surface area contributed by atoms with Crippen LogP contribution in [-0.4, -0.2) is 36.8 Å². The van der Waals surface area contributed by atoms with E-state index in [9.17, 15) is 5.11 Å². The predicted octanol–water partition coefficient (Wildman–Crippen LogP) is 2.85. The van der Waals surface area contributed by atoms with E-state index >= 15 is 0 Å². The zero-order valence-corrected chi connectivity index (χ0v) is 12.0. The van der Waals surface area contributed by atoms with E-state index in [-0.39, 0.29) is 0 Å². The minimum atomic E-state index is -0.397. The zero-order valence-electron chi connectivity index (χ0n) is 12.0. The molecule has 0 aromatic heterocycles. The van der Waals surface area contributed by atoms with Gasteiger partial charge in [-0.25, -0.2) is 0 Å². The number of methoxy groups -OCH3 is 1. The first-order valence-corrected chi connectivity index (χ1v) is 7.27. The lowest BCUT2D eigenvalue weighted by atomic mass is 10.0. The molecular weight excluding hydrogens is 238 g/mol. The molecule has 3 heteroatoms. The summed E-state index contributed by atoms with van der Waals surface area (Å²) in [5, 5.41) is 10.3. The average Bonchev–Trinajstić information content (AvgIpc) is 2.86. The Labute approximate surface area is 116 Å². The van der Waals surface area contributed by atoms with Crippen LogP contribution in [0, 0.1) is 5.92 Å². The Balaban J connectivity index is 1.85. The van der Waals surface area contributed by atoms with Crippen LogP contribution in [0.15, 0.2) is 24.3 Å². The molecule has 1 aromatic carbocycles. The van der Waals surface area contributed by atoms with Crippen molar-refractivity contribution >= 4 is 0 Å². The Morgan fingerprint density at radius 2 is 2.11 bits per heavy atom. The van der Waals surface area contributed by atoms with Gasteiger partial charge in [0.25, 0.3) is 0 Å². The molecule has 0 spiro atoms. The van der Waals surface area contributed by atoms with Crippen LogP contribution in [0.25, 0.3) is 0 Å². The summed E-state index contributed by atoms with van der Waals surface area (Å²) in [6.45, 7) is 5.25. The number of aliphatic hydroxyl groups is 1. The largest absolute Gasteiger partial charge is 0.497 e. The first-order valence-electron chi connectivity index (χ1n) is 7.27. The van der Waals surface area contributed by atoms with Crippen LogP contribution < -0.4 is 4.74 Å². The maximum absolute atomic E-state index is 10.3. The van der Waals surface area contributed by atoms with Crippen LogP contribution in [0.2, 0.25) is 0 Å². The van der Waals surface area contributed by atoms with Gasteiger partial charge < -0.3 is 14.7 Å². The predicted molar refractivity (Wildman–Crippen MR) is 77.4 cm³/mol. The molecule has 1 fully saturated rings. The summed E-state index contributed by atoms with van der Waals surface area (Å²) in [6, 6.07) is 7.71. The monoisotopic (exact) mass is 263 g/mol. The van der Waals surface area contributed by atoms with Crippen molar-refractivity contribution in [2.45, 2.75) is 32.3 Å². The fourth-order valence-corrected chi connectivity index (χ4v) is 2.90. The molecule has 0 saturated carbocycles. The molecule has 2 atom stereocenters. The summed E-state index contributed by atoms with van der Waals surface area (Å²) in [6.07, 6.45) is 3.46. The van der Waals surface area contributed by atoms with E-state index in [4.69, 9.17) is 4.74 Å². The Hall–Kier alpha value is -1.06. The average molecular weight is 263 g/mol. The Morgan fingerprint density at radius 3 is 2.74 bits per heavy atom. The number of ether oxygens (including phenoxy) is 1. The molecule has 106 valence electrons. The molecule has 1 aliphatic rings. The highest BCUT2D eigenvalue weighted by Crippen LogP contribution is 2.24. The van der Waals surface area contributed by atoms with Crippen molar-refractivity contribution in [3.05, 3.63) is 29.8 Å². The van der Waals surface area contributed by atoms with Crippen LogP contribution in [0.1, 0.15) is 37.9 Å². The number of β-amino-alcohol motifs (C(OH)–C–C–N with tert-alkyl or cyclic N) is 1. The van der Waals surface area contributed by atoms with Gasteiger partial charge in [0.15, 0.2) is 0 Å². The lowest BCUT2D eigenvalue weighted by Crippen LogP contribution is -2.26.